The molecule has 0 fully saturated rings. The van der Waals surface area contributed by atoms with Gasteiger partial charge in [0.2, 0.25) is 28.6 Å². The van der Waals surface area contributed by atoms with Gasteiger partial charge < -0.3 is 19.7 Å². The fourth-order valence-electron chi connectivity index (χ4n) is 4.09. The maximum Gasteiger partial charge on any atom is 0.244 e. The summed E-state index contributed by atoms with van der Waals surface area (Å²) in [6, 6.07) is 11.6. The van der Waals surface area contributed by atoms with Crippen molar-refractivity contribution in [2.45, 2.75) is 66.1 Å². The number of anilines is 1. The highest BCUT2D eigenvalue weighted by Crippen LogP contribution is 2.36. The highest BCUT2D eigenvalue weighted by molar-refractivity contribution is 7.92. The fraction of sp³-hybridized carbons (Fsp3) is 0.481. The molecule has 1 heterocycles. The van der Waals surface area contributed by atoms with Crippen LogP contribution in [0, 0.1) is 6.92 Å². The predicted octanol–water partition coefficient (Wildman–Crippen LogP) is 3.60. The van der Waals surface area contributed by atoms with Crippen molar-refractivity contribution in [3.63, 3.8) is 0 Å². The number of nitrogens with one attached hydrogen (secondary N) is 1. The van der Waals surface area contributed by atoms with Crippen LogP contribution in [0.4, 0.5) is 5.69 Å². The number of hydrogen-bond acceptors (Lipinski definition) is 6. The third-order valence-corrected chi connectivity index (χ3v) is 8.35. The lowest BCUT2D eigenvalue weighted by molar-refractivity contribution is -0.140. The first-order chi connectivity index (χ1) is 17.6. The van der Waals surface area contributed by atoms with Crippen molar-refractivity contribution in [1.82, 2.24) is 10.2 Å². The van der Waals surface area contributed by atoms with E-state index in [-0.39, 0.29) is 31.0 Å². The number of carbonyl (C=O) groups excluding carboxylic acids is 2. The van der Waals surface area contributed by atoms with Gasteiger partial charge in [-0.05, 0) is 56.9 Å². The summed E-state index contributed by atoms with van der Waals surface area (Å²) >= 11 is 0. The first kappa shape index (κ1) is 28.3. The molecule has 1 N–H and O–H groups in total. The summed E-state index contributed by atoms with van der Waals surface area (Å²) in [7, 11) is -3.83. The zero-order valence-electron chi connectivity index (χ0n) is 22.2. The van der Waals surface area contributed by atoms with Crippen molar-refractivity contribution in [1.29, 1.82) is 0 Å². The Morgan fingerprint density at radius 3 is 2.38 bits per heavy atom. The van der Waals surface area contributed by atoms with Gasteiger partial charge in [-0.1, -0.05) is 38.1 Å². The van der Waals surface area contributed by atoms with Gasteiger partial charge in [0.05, 0.1) is 11.4 Å². The predicted molar refractivity (Wildman–Crippen MR) is 143 cm³/mol. The molecule has 2 aromatic carbocycles. The van der Waals surface area contributed by atoms with Crippen LogP contribution in [0.1, 0.15) is 51.7 Å². The Labute approximate surface area is 219 Å². The van der Waals surface area contributed by atoms with Crippen LogP contribution in [0.5, 0.6) is 11.5 Å². The molecule has 3 rings (SSSR count). The second-order valence-electron chi connectivity index (χ2n) is 9.13. The average molecular weight is 532 g/mol. The lowest BCUT2D eigenvalue weighted by Gasteiger charge is -2.34. The van der Waals surface area contributed by atoms with Crippen LogP contribution < -0.4 is 19.1 Å². The first-order valence-corrected chi connectivity index (χ1v) is 14.3. The van der Waals surface area contributed by atoms with Crippen LogP contribution in [0.25, 0.3) is 0 Å². The third-order valence-electron chi connectivity index (χ3n) is 6.61. The Morgan fingerprint density at radius 2 is 1.73 bits per heavy atom. The van der Waals surface area contributed by atoms with E-state index in [4.69, 9.17) is 9.47 Å². The van der Waals surface area contributed by atoms with Gasteiger partial charge in [0, 0.05) is 18.7 Å². The minimum atomic E-state index is -3.83. The van der Waals surface area contributed by atoms with Gasteiger partial charge in [0.15, 0.2) is 11.5 Å². The molecule has 9 nitrogen and oxygen atoms in total. The smallest absolute Gasteiger partial charge is 0.244 e. The fourth-order valence-corrected chi connectivity index (χ4v) is 5.15. The highest BCUT2D eigenvalue weighted by atomic mass is 32.2. The Hall–Kier alpha value is -3.27. The Balaban J connectivity index is 1.98. The van der Waals surface area contributed by atoms with Gasteiger partial charge in [-0.3, -0.25) is 13.9 Å². The van der Waals surface area contributed by atoms with E-state index in [1.54, 1.807) is 18.2 Å². The Bertz CT molecular complexity index is 1220. The molecule has 2 atom stereocenters. The van der Waals surface area contributed by atoms with Gasteiger partial charge in [-0.2, -0.15) is 0 Å². The van der Waals surface area contributed by atoms with Crippen LogP contribution in [-0.4, -0.2) is 56.3 Å². The third kappa shape index (κ3) is 6.74. The number of aryl methyl sites for hydroxylation is 1. The zero-order valence-corrected chi connectivity index (χ0v) is 23.0. The van der Waals surface area contributed by atoms with Crippen LogP contribution in [0.3, 0.4) is 0 Å². The highest BCUT2D eigenvalue weighted by Gasteiger charge is 2.33. The standard InChI is InChI=1S/C27H37N3O6S/c1-6-20(5)28-27(32)23(7-2)29(16-21-12-10-9-11-19(21)4)26(31)17-30(37(33,34)8-3)22-13-14-24-25(15-22)36-18-35-24/h9-15,20,23H,6-8,16-18H2,1-5H3,(H,28,32). The molecule has 0 radical (unpaired) electrons. The molecule has 0 saturated heterocycles. The molecule has 0 saturated carbocycles. The number of nitrogens with zero attached hydrogens (tertiary/aromatic N) is 2. The van der Waals surface area contributed by atoms with E-state index in [1.807, 2.05) is 52.0 Å². The van der Waals surface area contributed by atoms with E-state index in [2.05, 4.69) is 5.32 Å². The Morgan fingerprint density at radius 1 is 1.03 bits per heavy atom. The largest absolute Gasteiger partial charge is 0.454 e. The summed E-state index contributed by atoms with van der Waals surface area (Å²) in [5, 5.41) is 2.98. The molecule has 1 aliphatic rings. The normalized spacial score (nSPS) is 14.1. The summed E-state index contributed by atoms with van der Waals surface area (Å²) in [4.78, 5) is 28.6. The van der Waals surface area contributed by atoms with Crippen LogP contribution in [-0.2, 0) is 26.2 Å². The minimum absolute atomic E-state index is 0.0475. The second kappa shape index (κ2) is 12.3. The number of fused-ring (bicyclic) bond motifs is 1. The maximum absolute atomic E-state index is 13.9. The first-order valence-electron chi connectivity index (χ1n) is 12.7. The number of carbonyl (C=O) groups is 2. The molecule has 0 aromatic heterocycles. The van der Waals surface area contributed by atoms with Crippen LogP contribution in [0.15, 0.2) is 42.5 Å². The lowest BCUT2D eigenvalue weighted by Crippen LogP contribution is -2.53. The summed E-state index contributed by atoms with van der Waals surface area (Å²) in [6.07, 6.45) is 1.13. The minimum Gasteiger partial charge on any atom is -0.454 e. The van der Waals surface area contributed by atoms with Crippen molar-refractivity contribution >= 4 is 27.5 Å². The maximum atomic E-state index is 13.9. The number of sulfonamides is 1. The molecule has 0 bridgehead atoms. The van der Waals surface area contributed by atoms with Crippen LogP contribution >= 0.6 is 0 Å². The van der Waals surface area contributed by atoms with Gasteiger partial charge in [0.25, 0.3) is 0 Å². The Kier molecular flexibility index (Phi) is 9.42. The number of ether oxygens (including phenoxy) is 2. The number of rotatable bonds is 12. The molecule has 0 aliphatic carbocycles. The molecular formula is C27H37N3O6S. The van der Waals surface area contributed by atoms with Crippen molar-refractivity contribution in [3.8, 4) is 11.5 Å². The average Bonchev–Trinajstić information content (AvgIpc) is 3.35. The van der Waals surface area contributed by atoms with Gasteiger partial charge in [-0.25, -0.2) is 8.42 Å². The van der Waals surface area contributed by atoms with E-state index < -0.39 is 28.5 Å². The van der Waals surface area contributed by atoms with Crippen molar-refractivity contribution in [2.24, 2.45) is 0 Å². The van der Waals surface area contributed by atoms with E-state index in [1.165, 1.54) is 11.8 Å². The summed E-state index contributed by atoms with van der Waals surface area (Å²) in [5.41, 5.74) is 2.16. The monoisotopic (exact) mass is 531 g/mol. The number of hydrogen-bond donors (Lipinski definition) is 1. The molecular weight excluding hydrogens is 494 g/mol. The van der Waals surface area contributed by atoms with E-state index >= 15 is 0 Å². The molecule has 1 aliphatic heterocycles. The lowest BCUT2D eigenvalue weighted by atomic mass is 10.1. The molecule has 10 heteroatoms. The van der Waals surface area contributed by atoms with Gasteiger partial charge >= 0.3 is 0 Å². The molecule has 2 unspecified atom stereocenters. The summed E-state index contributed by atoms with van der Waals surface area (Å²) in [6.45, 7) is 8.98. The van der Waals surface area contributed by atoms with Crippen molar-refractivity contribution in [3.05, 3.63) is 53.6 Å². The topological polar surface area (TPSA) is 105 Å². The quantitative estimate of drug-likeness (QED) is 0.449. The van der Waals surface area contributed by atoms with Gasteiger partial charge in [0.1, 0.15) is 12.6 Å². The van der Waals surface area contributed by atoms with Gasteiger partial charge in [-0.15, -0.1) is 0 Å². The van der Waals surface area contributed by atoms with Crippen molar-refractivity contribution in [2.75, 3.05) is 23.4 Å². The molecule has 2 aromatic rings. The summed E-state index contributed by atoms with van der Waals surface area (Å²) < 4.78 is 38.1. The molecule has 202 valence electrons. The zero-order chi connectivity index (χ0) is 27.2. The van der Waals surface area contributed by atoms with Crippen molar-refractivity contribution < 1.29 is 27.5 Å². The molecule has 37 heavy (non-hydrogen) atoms. The number of benzene rings is 2. The van der Waals surface area contributed by atoms with E-state index in [9.17, 15) is 18.0 Å². The summed E-state index contributed by atoms with van der Waals surface area (Å²) in [5.74, 6) is 0.00389. The van der Waals surface area contributed by atoms with Crippen LogP contribution in [0.2, 0.25) is 0 Å². The van der Waals surface area contributed by atoms with E-state index in [0.29, 0.717) is 23.6 Å². The second-order valence-corrected chi connectivity index (χ2v) is 11.3. The SMILES string of the molecule is CCC(C)NC(=O)C(CC)N(Cc1ccccc1C)C(=O)CN(c1ccc2c(c1)OCO2)S(=O)(=O)CC. The number of amides is 2. The molecule has 2 amide bonds. The van der Waals surface area contributed by atoms with E-state index in [0.717, 1.165) is 21.9 Å². The molecule has 0 spiro atoms.